The van der Waals surface area contributed by atoms with Crippen molar-refractivity contribution in [2.75, 3.05) is 12.4 Å². The van der Waals surface area contributed by atoms with Gasteiger partial charge in [0, 0.05) is 24.0 Å². The molecule has 0 spiro atoms. The minimum Gasteiger partial charge on any atom is -0.492 e. The van der Waals surface area contributed by atoms with Gasteiger partial charge in [0.2, 0.25) is 5.91 Å². The van der Waals surface area contributed by atoms with E-state index in [0.29, 0.717) is 47.2 Å². The Balaban J connectivity index is 1.48. The van der Waals surface area contributed by atoms with Gasteiger partial charge < -0.3 is 14.6 Å². The summed E-state index contributed by atoms with van der Waals surface area (Å²) in [5.41, 5.74) is 0. The number of aromatic nitrogens is 3. The molecule has 1 saturated carbocycles. The van der Waals surface area contributed by atoms with Crippen molar-refractivity contribution < 1.29 is 9.53 Å². The average molecular weight is 483 g/mol. The first-order chi connectivity index (χ1) is 15.1. The van der Waals surface area contributed by atoms with Crippen LogP contribution in [0.3, 0.4) is 0 Å². The molecule has 1 N–H and O–H groups in total. The van der Waals surface area contributed by atoms with Gasteiger partial charge in [-0.2, -0.15) is 0 Å². The lowest BCUT2D eigenvalue weighted by atomic mass is 9.95. The highest BCUT2D eigenvalue weighted by Crippen LogP contribution is 2.27. The maximum absolute atomic E-state index is 12.3. The van der Waals surface area contributed by atoms with Crippen LogP contribution in [0.5, 0.6) is 5.75 Å². The van der Waals surface area contributed by atoms with E-state index in [0.717, 1.165) is 30.2 Å². The van der Waals surface area contributed by atoms with Gasteiger partial charge in [0.25, 0.3) is 0 Å². The second-order valence-corrected chi connectivity index (χ2v) is 9.30. The lowest BCUT2D eigenvalue weighted by Crippen LogP contribution is -2.37. The van der Waals surface area contributed by atoms with Gasteiger partial charge in [-0.25, -0.2) is 0 Å². The molecule has 168 valence electrons. The molecule has 31 heavy (non-hydrogen) atoms. The smallest absolute Gasteiger partial charge is 0.230 e. The van der Waals surface area contributed by atoms with Crippen molar-refractivity contribution >= 4 is 40.9 Å². The van der Waals surface area contributed by atoms with Gasteiger partial charge in [0.1, 0.15) is 11.6 Å². The summed E-state index contributed by atoms with van der Waals surface area (Å²) in [7, 11) is 0. The molecule has 1 heterocycles. The average Bonchev–Trinajstić information content (AvgIpc) is 3.13. The van der Waals surface area contributed by atoms with Gasteiger partial charge in [0.05, 0.1) is 17.4 Å². The lowest BCUT2D eigenvalue weighted by molar-refractivity contribution is -0.119. The van der Waals surface area contributed by atoms with Crippen LogP contribution in [0, 0.1) is 0 Å². The zero-order valence-corrected chi connectivity index (χ0v) is 19.8. The van der Waals surface area contributed by atoms with E-state index in [1.54, 1.807) is 18.2 Å². The highest BCUT2D eigenvalue weighted by Gasteiger charge is 2.17. The maximum atomic E-state index is 12.3. The largest absolute Gasteiger partial charge is 0.492 e. The molecule has 1 fully saturated rings. The molecule has 0 saturated heterocycles. The number of hydrogen-bond donors (Lipinski definition) is 1. The monoisotopic (exact) mass is 482 g/mol. The van der Waals surface area contributed by atoms with E-state index < -0.39 is 0 Å². The number of aryl methyl sites for hydroxylation is 1. The molecule has 0 unspecified atom stereocenters. The molecule has 1 aromatic heterocycles. The normalized spacial score (nSPS) is 14.4. The number of carbonyl (C=O) groups is 1. The van der Waals surface area contributed by atoms with Crippen LogP contribution in [0.2, 0.25) is 10.0 Å². The van der Waals surface area contributed by atoms with Crippen LogP contribution in [0.1, 0.15) is 44.3 Å². The van der Waals surface area contributed by atoms with Crippen molar-refractivity contribution in [3.8, 4) is 5.75 Å². The lowest BCUT2D eigenvalue weighted by Gasteiger charge is -2.22. The second kappa shape index (κ2) is 12.4. The Morgan fingerprint density at radius 2 is 2.10 bits per heavy atom. The topological polar surface area (TPSA) is 69.0 Å². The van der Waals surface area contributed by atoms with Gasteiger partial charge in [-0.3, -0.25) is 4.79 Å². The van der Waals surface area contributed by atoms with Crippen molar-refractivity contribution in [1.82, 2.24) is 20.1 Å². The second-order valence-electron chi connectivity index (χ2n) is 7.52. The first kappa shape index (κ1) is 24.0. The number of carbonyl (C=O) groups excluding carboxylic acids is 1. The summed E-state index contributed by atoms with van der Waals surface area (Å²) >= 11 is 13.5. The number of thioether (sulfide) groups is 1. The summed E-state index contributed by atoms with van der Waals surface area (Å²) in [4.78, 5) is 12.3. The molecule has 1 aromatic carbocycles. The molecule has 6 nitrogen and oxygen atoms in total. The fraction of sp³-hybridized carbons (Fsp3) is 0.500. The Morgan fingerprint density at radius 1 is 1.29 bits per heavy atom. The van der Waals surface area contributed by atoms with Crippen LogP contribution >= 0.6 is 35.0 Å². The molecule has 2 aromatic rings. The number of ether oxygens (including phenoxy) is 1. The van der Waals surface area contributed by atoms with Gasteiger partial charge in [-0.15, -0.1) is 16.8 Å². The number of rotatable bonds is 11. The minimum absolute atomic E-state index is 0.0554. The van der Waals surface area contributed by atoms with Crippen LogP contribution in [-0.4, -0.2) is 39.1 Å². The van der Waals surface area contributed by atoms with Crippen molar-refractivity contribution in [3.63, 3.8) is 0 Å². The molecule has 1 amide bonds. The van der Waals surface area contributed by atoms with Gasteiger partial charge >= 0.3 is 0 Å². The van der Waals surface area contributed by atoms with Crippen molar-refractivity contribution in [1.29, 1.82) is 0 Å². The summed E-state index contributed by atoms with van der Waals surface area (Å²) in [6.07, 6.45) is 9.08. The first-order valence-electron chi connectivity index (χ1n) is 10.6. The molecular formula is C22H28Cl2N4O2S. The fourth-order valence-corrected chi connectivity index (χ4v) is 4.82. The summed E-state index contributed by atoms with van der Waals surface area (Å²) in [6, 6.07) is 5.49. The highest BCUT2D eigenvalue weighted by molar-refractivity contribution is 7.99. The SMILES string of the molecule is C=CCn1c(CCCOc2ccc(Cl)cc2Cl)nnc1SCC(=O)NC1CCCCC1. The third-order valence-corrected chi connectivity index (χ3v) is 6.60. The van der Waals surface area contributed by atoms with E-state index in [4.69, 9.17) is 27.9 Å². The van der Waals surface area contributed by atoms with E-state index in [2.05, 4.69) is 22.1 Å². The Hall–Kier alpha value is -1.70. The number of nitrogens with one attached hydrogen (secondary N) is 1. The molecule has 9 heteroatoms. The van der Waals surface area contributed by atoms with Crippen molar-refractivity contribution in [2.45, 2.75) is 62.7 Å². The molecule has 0 bridgehead atoms. The standard InChI is InChI=1S/C22H28Cl2N4O2S/c1-2-12-28-20(9-6-13-30-19-11-10-16(23)14-18(19)24)26-27-22(28)31-15-21(29)25-17-7-4-3-5-8-17/h2,10-11,14,17H,1,3-9,12-13,15H2,(H,25,29). The molecule has 0 atom stereocenters. The van der Waals surface area contributed by atoms with Crippen LogP contribution < -0.4 is 10.1 Å². The zero-order valence-electron chi connectivity index (χ0n) is 17.5. The number of nitrogens with zero attached hydrogens (tertiary/aromatic N) is 3. The third kappa shape index (κ3) is 7.44. The molecule has 0 radical (unpaired) electrons. The van der Waals surface area contributed by atoms with Crippen molar-refractivity contribution in [2.24, 2.45) is 0 Å². The summed E-state index contributed by atoms with van der Waals surface area (Å²) in [6.45, 7) is 4.92. The van der Waals surface area contributed by atoms with Crippen LogP contribution in [0.15, 0.2) is 36.0 Å². The first-order valence-corrected chi connectivity index (χ1v) is 12.3. The fourth-order valence-electron chi connectivity index (χ4n) is 3.57. The van der Waals surface area contributed by atoms with Crippen LogP contribution in [0.4, 0.5) is 0 Å². The number of hydrogen-bond acceptors (Lipinski definition) is 5. The van der Waals surface area contributed by atoms with Gasteiger partial charge in [0.15, 0.2) is 5.16 Å². The minimum atomic E-state index is 0.0554. The van der Waals surface area contributed by atoms with E-state index in [-0.39, 0.29) is 5.91 Å². The number of halogens is 2. The van der Waals surface area contributed by atoms with E-state index in [1.807, 2.05) is 10.6 Å². The highest BCUT2D eigenvalue weighted by atomic mass is 35.5. The van der Waals surface area contributed by atoms with E-state index in [9.17, 15) is 4.79 Å². The maximum Gasteiger partial charge on any atom is 0.230 e. The summed E-state index contributed by atoms with van der Waals surface area (Å²) < 4.78 is 7.75. The Kier molecular flexibility index (Phi) is 9.55. The zero-order chi connectivity index (χ0) is 22.1. The predicted molar refractivity (Wildman–Crippen MR) is 126 cm³/mol. The Bertz CT molecular complexity index is 884. The molecule has 1 aliphatic carbocycles. The van der Waals surface area contributed by atoms with Crippen LogP contribution in [-0.2, 0) is 17.8 Å². The summed E-state index contributed by atoms with van der Waals surface area (Å²) in [5.74, 6) is 1.85. The Labute approximate surface area is 197 Å². The number of allylic oxidation sites excluding steroid dienone is 1. The number of benzene rings is 1. The number of amides is 1. The third-order valence-electron chi connectivity index (χ3n) is 5.10. The van der Waals surface area contributed by atoms with Gasteiger partial charge in [-0.1, -0.05) is 60.3 Å². The van der Waals surface area contributed by atoms with Gasteiger partial charge in [-0.05, 0) is 37.5 Å². The van der Waals surface area contributed by atoms with Crippen molar-refractivity contribution in [3.05, 3.63) is 46.7 Å². The van der Waals surface area contributed by atoms with E-state index in [1.165, 1.54) is 31.0 Å². The van der Waals surface area contributed by atoms with E-state index >= 15 is 0 Å². The van der Waals surface area contributed by atoms with Crippen LogP contribution in [0.25, 0.3) is 0 Å². The molecule has 1 aliphatic rings. The molecule has 3 rings (SSSR count). The predicted octanol–water partition coefficient (Wildman–Crippen LogP) is 5.32. The molecular weight excluding hydrogens is 455 g/mol. The Morgan fingerprint density at radius 3 is 2.84 bits per heavy atom. The molecule has 0 aliphatic heterocycles. The summed E-state index contributed by atoms with van der Waals surface area (Å²) in [5, 5.41) is 13.5. The quantitative estimate of drug-likeness (QED) is 0.266.